The maximum Gasteiger partial charge on any atom is 0.308 e. The topological polar surface area (TPSA) is 76.2 Å². The molecule has 1 saturated heterocycles. The van der Waals surface area contributed by atoms with Gasteiger partial charge >= 0.3 is 11.9 Å². The zero-order valence-corrected chi connectivity index (χ0v) is 20.9. The van der Waals surface area contributed by atoms with Crippen LogP contribution in [-0.2, 0) is 19.7 Å². The Hall–Kier alpha value is -3.19. The molecule has 7 nitrogen and oxygen atoms in total. The number of esters is 2. The van der Waals surface area contributed by atoms with Crippen LogP contribution in [0.1, 0.15) is 49.0 Å². The van der Waals surface area contributed by atoms with Crippen molar-refractivity contribution < 1.29 is 23.9 Å². The molecule has 4 rings (SSSR count). The highest BCUT2D eigenvalue weighted by Crippen LogP contribution is 2.51. The van der Waals surface area contributed by atoms with Crippen LogP contribution in [0.5, 0.6) is 5.75 Å². The van der Waals surface area contributed by atoms with Gasteiger partial charge in [-0.1, -0.05) is 30.3 Å². The number of benzene rings is 2. The number of rotatable bonds is 5. The standard InChI is InChI=1S/C28H34N2O5/c1-19(31)34-24-12-8-11-22(15-24)28-13-14-29(3)18-25(28)26(35-20(2)32)16-23(17-28)30(4)27(33)21-9-6-5-7-10-21/h5-12,15,23,25-26H,13-14,16-18H2,1-4H3/t23-,25-,26?,28-/m0/s1. The fourth-order valence-electron chi connectivity index (χ4n) is 5.94. The molecule has 35 heavy (non-hydrogen) atoms. The minimum Gasteiger partial charge on any atom is -0.462 e. The highest BCUT2D eigenvalue weighted by Gasteiger charge is 2.54. The van der Waals surface area contributed by atoms with Crippen LogP contribution in [0.2, 0.25) is 0 Å². The molecule has 1 aliphatic carbocycles. The molecule has 2 aliphatic rings. The van der Waals surface area contributed by atoms with Crippen molar-refractivity contribution in [3.8, 4) is 5.75 Å². The number of hydrogen-bond donors (Lipinski definition) is 0. The molecule has 186 valence electrons. The summed E-state index contributed by atoms with van der Waals surface area (Å²) in [4.78, 5) is 41.2. The number of nitrogens with zero attached hydrogens (tertiary/aromatic N) is 2. The molecule has 0 radical (unpaired) electrons. The lowest BCUT2D eigenvalue weighted by molar-refractivity contribution is -0.158. The molecular weight excluding hydrogens is 444 g/mol. The van der Waals surface area contributed by atoms with Gasteiger partial charge in [0.15, 0.2) is 0 Å². The predicted octanol–water partition coefficient (Wildman–Crippen LogP) is 3.67. The van der Waals surface area contributed by atoms with Crippen molar-refractivity contribution in [2.75, 3.05) is 27.2 Å². The lowest BCUT2D eigenvalue weighted by Gasteiger charge is -2.56. The third-order valence-corrected chi connectivity index (χ3v) is 7.59. The second-order valence-electron chi connectivity index (χ2n) is 9.92. The van der Waals surface area contributed by atoms with Gasteiger partial charge in [0.05, 0.1) is 0 Å². The minimum absolute atomic E-state index is 0.0487. The third kappa shape index (κ3) is 5.25. The minimum atomic E-state index is -0.368. The van der Waals surface area contributed by atoms with E-state index in [0.29, 0.717) is 17.7 Å². The smallest absolute Gasteiger partial charge is 0.308 e. The molecule has 1 unspecified atom stereocenters. The monoisotopic (exact) mass is 478 g/mol. The van der Waals surface area contributed by atoms with Crippen molar-refractivity contribution in [2.24, 2.45) is 5.92 Å². The van der Waals surface area contributed by atoms with Crippen molar-refractivity contribution in [1.82, 2.24) is 9.80 Å². The summed E-state index contributed by atoms with van der Waals surface area (Å²) < 4.78 is 11.3. The van der Waals surface area contributed by atoms with Gasteiger partial charge in [0.2, 0.25) is 0 Å². The van der Waals surface area contributed by atoms with Crippen molar-refractivity contribution in [3.05, 3.63) is 65.7 Å². The Morgan fingerprint density at radius 2 is 1.77 bits per heavy atom. The number of ether oxygens (including phenoxy) is 2. The van der Waals surface area contributed by atoms with Crippen LogP contribution < -0.4 is 4.74 Å². The van der Waals surface area contributed by atoms with E-state index in [1.54, 1.807) is 11.0 Å². The number of piperidine rings is 1. The zero-order chi connectivity index (χ0) is 25.2. The fourth-order valence-corrected chi connectivity index (χ4v) is 5.94. The van der Waals surface area contributed by atoms with E-state index in [1.807, 2.05) is 49.5 Å². The number of carbonyl (C=O) groups excluding carboxylic acids is 3. The quantitative estimate of drug-likeness (QED) is 0.482. The normalized spacial score (nSPS) is 26.3. The first-order valence-corrected chi connectivity index (χ1v) is 12.2. The molecule has 1 saturated carbocycles. The molecule has 2 aromatic rings. The van der Waals surface area contributed by atoms with Crippen molar-refractivity contribution in [2.45, 2.75) is 50.7 Å². The maximum absolute atomic E-state index is 13.4. The Balaban J connectivity index is 1.75. The lowest BCUT2D eigenvalue weighted by atomic mass is 9.56. The summed E-state index contributed by atoms with van der Waals surface area (Å²) in [5.41, 5.74) is 1.35. The fraction of sp³-hybridized carbons (Fsp3) is 0.464. The van der Waals surface area contributed by atoms with E-state index in [4.69, 9.17) is 9.47 Å². The van der Waals surface area contributed by atoms with Gasteiger partial charge in [-0.25, -0.2) is 0 Å². The maximum atomic E-state index is 13.4. The number of carbonyl (C=O) groups is 3. The van der Waals surface area contributed by atoms with E-state index in [1.165, 1.54) is 13.8 Å². The van der Waals surface area contributed by atoms with E-state index in [0.717, 1.165) is 31.5 Å². The summed E-state index contributed by atoms with van der Waals surface area (Å²) in [6.07, 6.45) is 1.83. The molecule has 4 atom stereocenters. The SMILES string of the molecule is CC(=O)Oc1cccc([C@@]23CCN(C)C[C@H]2C(OC(C)=O)C[C@H](N(C)C(=O)c2ccccc2)C3)c1. The van der Waals surface area contributed by atoms with Gasteiger partial charge in [-0.2, -0.15) is 0 Å². The third-order valence-electron chi connectivity index (χ3n) is 7.59. The van der Waals surface area contributed by atoms with E-state index in [2.05, 4.69) is 18.0 Å². The van der Waals surface area contributed by atoms with E-state index < -0.39 is 0 Å². The van der Waals surface area contributed by atoms with Crippen LogP contribution in [0.4, 0.5) is 0 Å². The Kier molecular flexibility index (Phi) is 7.26. The summed E-state index contributed by atoms with van der Waals surface area (Å²) in [5, 5.41) is 0. The average molecular weight is 479 g/mol. The Morgan fingerprint density at radius 1 is 1.03 bits per heavy atom. The summed E-state index contributed by atoms with van der Waals surface area (Å²) in [6.45, 7) is 4.49. The van der Waals surface area contributed by atoms with Crippen molar-refractivity contribution in [1.29, 1.82) is 0 Å². The molecule has 0 bridgehead atoms. The molecule has 1 heterocycles. The van der Waals surface area contributed by atoms with Crippen LogP contribution in [0, 0.1) is 5.92 Å². The molecule has 0 spiro atoms. The molecular formula is C28H34N2O5. The van der Waals surface area contributed by atoms with Crippen LogP contribution in [0.25, 0.3) is 0 Å². The summed E-state index contributed by atoms with van der Waals surface area (Å²) in [7, 11) is 3.92. The summed E-state index contributed by atoms with van der Waals surface area (Å²) >= 11 is 0. The number of fused-ring (bicyclic) bond motifs is 1. The van der Waals surface area contributed by atoms with Crippen LogP contribution >= 0.6 is 0 Å². The van der Waals surface area contributed by atoms with E-state index >= 15 is 0 Å². The summed E-state index contributed by atoms with van der Waals surface area (Å²) in [5.74, 6) is -0.181. The van der Waals surface area contributed by atoms with E-state index in [-0.39, 0.29) is 41.3 Å². The molecule has 0 aromatic heterocycles. The first-order chi connectivity index (χ1) is 16.7. The number of amides is 1. The van der Waals surface area contributed by atoms with Crippen molar-refractivity contribution >= 4 is 17.8 Å². The van der Waals surface area contributed by atoms with Gasteiger partial charge < -0.3 is 19.3 Å². The van der Waals surface area contributed by atoms with Crippen LogP contribution in [-0.4, -0.2) is 67.0 Å². The number of likely N-dealkylation sites (tertiary alicyclic amines) is 1. The Bertz CT molecular complexity index is 1090. The van der Waals surface area contributed by atoms with Gasteiger partial charge in [0.1, 0.15) is 11.9 Å². The van der Waals surface area contributed by atoms with Crippen LogP contribution in [0.3, 0.4) is 0 Å². The molecule has 1 aliphatic heterocycles. The zero-order valence-electron chi connectivity index (χ0n) is 20.9. The van der Waals surface area contributed by atoms with Gasteiger partial charge in [0, 0.05) is 56.8 Å². The molecule has 1 amide bonds. The van der Waals surface area contributed by atoms with Gasteiger partial charge in [0.25, 0.3) is 5.91 Å². The molecule has 2 aromatic carbocycles. The lowest BCUT2D eigenvalue weighted by Crippen LogP contribution is -2.61. The number of hydrogen-bond acceptors (Lipinski definition) is 6. The first-order valence-electron chi connectivity index (χ1n) is 12.2. The van der Waals surface area contributed by atoms with E-state index in [9.17, 15) is 14.4 Å². The highest BCUT2D eigenvalue weighted by atomic mass is 16.5. The second-order valence-corrected chi connectivity index (χ2v) is 9.92. The largest absolute Gasteiger partial charge is 0.462 e. The van der Waals surface area contributed by atoms with Gasteiger partial charge in [-0.05, 0) is 56.3 Å². The highest BCUT2D eigenvalue weighted by molar-refractivity contribution is 5.94. The second kappa shape index (κ2) is 10.2. The Labute approximate surface area is 207 Å². The Morgan fingerprint density at radius 3 is 2.46 bits per heavy atom. The molecule has 2 fully saturated rings. The predicted molar refractivity (Wildman–Crippen MR) is 132 cm³/mol. The van der Waals surface area contributed by atoms with Crippen molar-refractivity contribution in [3.63, 3.8) is 0 Å². The molecule has 7 heteroatoms. The summed E-state index contributed by atoms with van der Waals surface area (Å²) in [6, 6.07) is 16.8. The average Bonchev–Trinajstić information content (AvgIpc) is 2.83. The first kappa shape index (κ1) is 24.9. The van der Waals surface area contributed by atoms with Gasteiger partial charge in [-0.15, -0.1) is 0 Å². The molecule has 0 N–H and O–H groups in total. The van der Waals surface area contributed by atoms with Gasteiger partial charge in [-0.3, -0.25) is 14.4 Å². The van der Waals surface area contributed by atoms with Crippen LogP contribution in [0.15, 0.2) is 54.6 Å².